The Kier molecular flexibility index (Phi) is 5.31. The van der Waals surface area contributed by atoms with E-state index in [0.29, 0.717) is 5.56 Å². The first-order chi connectivity index (χ1) is 8.38. The summed E-state index contributed by atoms with van der Waals surface area (Å²) in [7, 11) is 0. The van der Waals surface area contributed by atoms with Crippen LogP contribution in [0.4, 0.5) is 0 Å². The van der Waals surface area contributed by atoms with Crippen molar-refractivity contribution in [3.05, 3.63) is 32.9 Å². The van der Waals surface area contributed by atoms with E-state index in [4.69, 9.17) is 0 Å². The number of carboxylic acids is 1. The molecule has 18 heavy (non-hydrogen) atoms. The van der Waals surface area contributed by atoms with Gasteiger partial charge in [0, 0.05) is 9.49 Å². The van der Waals surface area contributed by atoms with Crippen LogP contribution in [0.3, 0.4) is 0 Å². The summed E-state index contributed by atoms with van der Waals surface area (Å²) in [5.41, 5.74) is 1.74. The molecule has 0 aliphatic carbocycles. The first-order valence-electron chi connectivity index (χ1n) is 5.93. The molecule has 1 unspecified atom stereocenters. The number of halogens is 1. The zero-order valence-electron chi connectivity index (χ0n) is 10.7. The van der Waals surface area contributed by atoms with Gasteiger partial charge in [0.1, 0.15) is 5.92 Å². The first kappa shape index (κ1) is 15.1. The highest BCUT2D eigenvalue weighted by Crippen LogP contribution is 2.24. The van der Waals surface area contributed by atoms with Crippen LogP contribution >= 0.6 is 22.6 Å². The lowest BCUT2D eigenvalue weighted by Gasteiger charge is -2.15. The Morgan fingerprint density at radius 2 is 1.94 bits per heavy atom. The van der Waals surface area contributed by atoms with E-state index >= 15 is 0 Å². The fourth-order valence-electron chi connectivity index (χ4n) is 1.79. The fourth-order valence-corrected chi connectivity index (χ4v) is 2.71. The molecule has 1 N–H and O–H groups in total. The molecule has 0 spiro atoms. The molecule has 1 rings (SSSR count). The quantitative estimate of drug-likeness (QED) is 0.648. The molecule has 3 nitrogen and oxygen atoms in total. The van der Waals surface area contributed by atoms with Crippen LogP contribution in [0.15, 0.2) is 18.2 Å². The predicted octanol–water partition coefficient (Wildman–Crippen LogP) is 3.25. The zero-order valence-corrected chi connectivity index (χ0v) is 12.9. The number of carbonyl (C=O) groups is 2. The number of benzene rings is 1. The summed E-state index contributed by atoms with van der Waals surface area (Å²) in [6.45, 7) is 5.50. The summed E-state index contributed by atoms with van der Waals surface area (Å²) in [5, 5.41) is 9.24. The summed E-state index contributed by atoms with van der Waals surface area (Å²) in [6.07, 6.45) is 0.897. The Balaban J connectivity index is 3.19. The van der Waals surface area contributed by atoms with Crippen LogP contribution in [0.1, 0.15) is 37.8 Å². The Labute approximate surface area is 121 Å². The number of rotatable bonds is 5. The standard InChI is InChI=1S/C14H17IO3/c1-4-9-5-6-10(7-11(9)15)12(14(17)18)13(16)8(2)3/h5-8,12H,4H2,1-3H3,(H,17,18). The van der Waals surface area contributed by atoms with Crippen LogP contribution in [0.5, 0.6) is 0 Å². The van der Waals surface area contributed by atoms with E-state index in [1.54, 1.807) is 26.0 Å². The van der Waals surface area contributed by atoms with Gasteiger partial charge in [0.25, 0.3) is 0 Å². The lowest BCUT2D eigenvalue weighted by Crippen LogP contribution is -2.25. The van der Waals surface area contributed by atoms with E-state index in [0.717, 1.165) is 9.99 Å². The van der Waals surface area contributed by atoms with Gasteiger partial charge in [0.2, 0.25) is 0 Å². The predicted molar refractivity (Wildman–Crippen MR) is 78.8 cm³/mol. The van der Waals surface area contributed by atoms with Crippen molar-refractivity contribution in [2.75, 3.05) is 0 Å². The highest BCUT2D eigenvalue weighted by atomic mass is 127. The summed E-state index contributed by atoms with van der Waals surface area (Å²) in [6, 6.07) is 5.46. The Bertz CT molecular complexity index is 466. The second-order valence-electron chi connectivity index (χ2n) is 4.53. The summed E-state index contributed by atoms with van der Waals surface area (Å²) >= 11 is 2.18. The van der Waals surface area contributed by atoms with Gasteiger partial charge >= 0.3 is 5.97 Å². The van der Waals surface area contributed by atoms with Crippen LogP contribution in [-0.4, -0.2) is 16.9 Å². The molecule has 0 aromatic heterocycles. The lowest BCUT2D eigenvalue weighted by atomic mass is 9.88. The van der Waals surface area contributed by atoms with E-state index in [9.17, 15) is 14.7 Å². The summed E-state index contributed by atoms with van der Waals surface area (Å²) in [4.78, 5) is 23.3. The molecule has 1 atom stereocenters. The second kappa shape index (κ2) is 6.31. The van der Waals surface area contributed by atoms with Crippen molar-refractivity contribution < 1.29 is 14.7 Å². The maximum Gasteiger partial charge on any atom is 0.318 e. The Morgan fingerprint density at radius 1 is 1.33 bits per heavy atom. The Morgan fingerprint density at radius 3 is 2.33 bits per heavy atom. The van der Waals surface area contributed by atoms with Gasteiger partial charge in [-0.1, -0.05) is 32.9 Å². The van der Waals surface area contributed by atoms with E-state index < -0.39 is 11.9 Å². The monoisotopic (exact) mass is 360 g/mol. The molecular weight excluding hydrogens is 343 g/mol. The van der Waals surface area contributed by atoms with Gasteiger partial charge in [-0.25, -0.2) is 0 Å². The minimum atomic E-state index is -1.08. The smallest absolute Gasteiger partial charge is 0.318 e. The third-order valence-electron chi connectivity index (χ3n) is 2.89. The number of aliphatic carboxylic acids is 1. The normalized spacial score (nSPS) is 12.5. The number of carbonyl (C=O) groups excluding carboxylic acids is 1. The highest BCUT2D eigenvalue weighted by Gasteiger charge is 2.30. The zero-order chi connectivity index (χ0) is 13.9. The van der Waals surface area contributed by atoms with Crippen molar-refractivity contribution in [3.8, 4) is 0 Å². The third kappa shape index (κ3) is 3.31. The molecule has 0 saturated carbocycles. The van der Waals surface area contributed by atoms with Crippen molar-refractivity contribution in [1.29, 1.82) is 0 Å². The molecule has 0 saturated heterocycles. The largest absolute Gasteiger partial charge is 0.480 e. The topological polar surface area (TPSA) is 54.4 Å². The molecule has 0 amide bonds. The van der Waals surface area contributed by atoms with E-state index in [-0.39, 0.29) is 11.7 Å². The summed E-state index contributed by atoms with van der Waals surface area (Å²) in [5.74, 6) is -2.66. The number of hydrogen-bond donors (Lipinski definition) is 1. The molecule has 1 aromatic carbocycles. The van der Waals surface area contributed by atoms with Gasteiger partial charge < -0.3 is 5.11 Å². The minimum absolute atomic E-state index is 0.248. The van der Waals surface area contributed by atoms with Gasteiger partial charge in [-0.05, 0) is 46.2 Å². The van der Waals surface area contributed by atoms with Crippen molar-refractivity contribution >= 4 is 34.3 Å². The molecule has 98 valence electrons. The van der Waals surface area contributed by atoms with Gasteiger partial charge in [-0.2, -0.15) is 0 Å². The maximum absolute atomic E-state index is 12.0. The first-order valence-corrected chi connectivity index (χ1v) is 7.01. The molecule has 0 aliphatic heterocycles. The molecule has 0 fully saturated rings. The lowest BCUT2D eigenvalue weighted by molar-refractivity contribution is -0.143. The number of aryl methyl sites for hydroxylation is 1. The van der Waals surface area contributed by atoms with Crippen molar-refractivity contribution in [1.82, 2.24) is 0 Å². The second-order valence-corrected chi connectivity index (χ2v) is 5.69. The fraction of sp³-hybridized carbons (Fsp3) is 0.429. The molecular formula is C14H17IO3. The SMILES string of the molecule is CCc1ccc(C(C(=O)O)C(=O)C(C)C)cc1I. The van der Waals surface area contributed by atoms with Gasteiger partial charge in [0.15, 0.2) is 5.78 Å². The third-order valence-corrected chi connectivity index (χ3v) is 3.90. The van der Waals surface area contributed by atoms with Crippen LogP contribution in [0, 0.1) is 9.49 Å². The minimum Gasteiger partial charge on any atom is -0.480 e. The van der Waals surface area contributed by atoms with Crippen molar-refractivity contribution in [2.24, 2.45) is 5.92 Å². The van der Waals surface area contributed by atoms with Gasteiger partial charge in [-0.3, -0.25) is 9.59 Å². The molecule has 1 aromatic rings. The molecule has 0 heterocycles. The number of hydrogen-bond acceptors (Lipinski definition) is 2. The molecule has 0 aliphatic rings. The van der Waals surface area contributed by atoms with Crippen LogP contribution in [0.2, 0.25) is 0 Å². The molecule has 0 radical (unpaired) electrons. The molecule has 0 bridgehead atoms. The number of ketones is 1. The van der Waals surface area contributed by atoms with Crippen LogP contribution in [0.25, 0.3) is 0 Å². The van der Waals surface area contributed by atoms with Crippen LogP contribution < -0.4 is 0 Å². The van der Waals surface area contributed by atoms with Gasteiger partial charge in [0.05, 0.1) is 0 Å². The number of Topliss-reactive ketones (excluding diaryl/α,β-unsaturated/α-hetero) is 1. The van der Waals surface area contributed by atoms with E-state index in [2.05, 4.69) is 22.6 Å². The molecule has 4 heteroatoms. The van der Waals surface area contributed by atoms with Gasteiger partial charge in [-0.15, -0.1) is 0 Å². The van der Waals surface area contributed by atoms with Crippen molar-refractivity contribution in [3.63, 3.8) is 0 Å². The Hall–Kier alpha value is -0.910. The average molecular weight is 360 g/mol. The number of carboxylic acid groups (broad SMARTS) is 1. The van der Waals surface area contributed by atoms with E-state index in [1.165, 1.54) is 5.56 Å². The van der Waals surface area contributed by atoms with E-state index in [1.807, 2.05) is 13.0 Å². The van der Waals surface area contributed by atoms with Crippen LogP contribution in [-0.2, 0) is 16.0 Å². The summed E-state index contributed by atoms with van der Waals surface area (Å²) < 4.78 is 1.01. The highest BCUT2D eigenvalue weighted by molar-refractivity contribution is 14.1. The maximum atomic E-state index is 12.0. The average Bonchev–Trinajstić information content (AvgIpc) is 2.28. The van der Waals surface area contributed by atoms with Crippen molar-refractivity contribution in [2.45, 2.75) is 33.1 Å².